The van der Waals surface area contributed by atoms with Crippen LogP contribution in [0.25, 0.3) is 0 Å². The van der Waals surface area contributed by atoms with Crippen molar-refractivity contribution < 1.29 is 8.42 Å². The zero-order valence-corrected chi connectivity index (χ0v) is 13.2. The fraction of sp³-hybridized carbons (Fsp3) is 0.769. The maximum atomic E-state index is 12.8. The predicted molar refractivity (Wildman–Crippen MR) is 77.6 cm³/mol. The summed E-state index contributed by atoms with van der Waals surface area (Å²) in [7, 11) is -0.282. The first-order valence-electron chi connectivity index (χ1n) is 7.00. The van der Waals surface area contributed by atoms with Gasteiger partial charge in [-0.05, 0) is 24.8 Å². The van der Waals surface area contributed by atoms with Gasteiger partial charge in [0.05, 0.1) is 6.20 Å². The summed E-state index contributed by atoms with van der Waals surface area (Å²) in [6.45, 7) is 2.51. The van der Waals surface area contributed by atoms with E-state index in [1.54, 1.807) is 14.1 Å². The number of likely N-dealkylation sites (N-methyl/N-ethyl adjacent to an activating group) is 1. The molecule has 1 fully saturated rings. The van der Waals surface area contributed by atoms with Gasteiger partial charge in [0, 0.05) is 26.2 Å². The van der Waals surface area contributed by atoms with Crippen LogP contribution in [-0.2, 0) is 17.1 Å². The minimum absolute atomic E-state index is 0.214. The van der Waals surface area contributed by atoms with Crippen LogP contribution in [0.5, 0.6) is 0 Å². The van der Waals surface area contributed by atoms with E-state index < -0.39 is 15.6 Å². The number of nitrogens with zero attached hydrogens (tertiary/aromatic N) is 3. The molecule has 0 saturated heterocycles. The fourth-order valence-corrected chi connectivity index (χ4v) is 4.89. The lowest BCUT2D eigenvalue weighted by molar-refractivity contribution is 0.127. The Labute approximate surface area is 121 Å². The molecule has 1 aromatic rings. The number of aryl methyl sites for hydroxylation is 1. The Morgan fingerprint density at radius 1 is 1.60 bits per heavy atom. The van der Waals surface area contributed by atoms with Gasteiger partial charge >= 0.3 is 0 Å². The maximum Gasteiger partial charge on any atom is 0.260 e. The average molecular weight is 300 g/mol. The van der Waals surface area contributed by atoms with E-state index in [9.17, 15) is 8.42 Å². The van der Waals surface area contributed by atoms with Crippen molar-refractivity contribution in [1.82, 2.24) is 14.1 Å². The molecular formula is C13H24N4O2S. The minimum atomic E-state index is -3.57. The van der Waals surface area contributed by atoms with Crippen LogP contribution in [0.4, 0.5) is 0 Å². The SMILES string of the molecule is CC1CCCC(CN)(N(C)S(=O)(=O)c2ccnn2C)C1. The maximum absolute atomic E-state index is 12.8. The third kappa shape index (κ3) is 2.49. The number of hydrogen-bond acceptors (Lipinski definition) is 4. The third-order valence-corrected chi connectivity index (χ3v) is 6.55. The van der Waals surface area contributed by atoms with E-state index in [1.165, 1.54) is 21.3 Å². The lowest BCUT2D eigenvalue weighted by atomic mass is 9.76. The molecule has 1 aromatic heterocycles. The first-order valence-corrected chi connectivity index (χ1v) is 8.44. The third-order valence-electron chi connectivity index (χ3n) is 4.52. The zero-order valence-electron chi connectivity index (χ0n) is 12.4. The first-order chi connectivity index (χ1) is 9.33. The molecule has 2 unspecified atom stereocenters. The van der Waals surface area contributed by atoms with E-state index in [0.29, 0.717) is 12.5 Å². The highest BCUT2D eigenvalue weighted by Crippen LogP contribution is 2.38. The zero-order chi connectivity index (χ0) is 15.0. The smallest absolute Gasteiger partial charge is 0.260 e. The molecule has 2 rings (SSSR count). The summed E-state index contributed by atoms with van der Waals surface area (Å²) in [6, 6.07) is 1.53. The van der Waals surface area contributed by atoms with Crippen LogP contribution in [0.1, 0.15) is 32.6 Å². The first kappa shape index (κ1) is 15.5. The number of hydrogen-bond donors (Lipinski definition) is 1. The Hall–Kier alpha value is -0.920. The Kier molecular flexibility index (Phi) is 4.22. The fourth-order valence-electron chi connectivity index (χ4n) is 3.24. The largest absolute Gasteiger partial charge is 0.329 e. The summed E-state index contributed by atoms with van der Waals surface area (Å²) in [5, 5.41) is 4.17. The van der Waals surface area contributed by atoms with Crippen LogP contribution >= 0.6 is 0 Å². The molecule has 7 heteroatoms. The van der Waals surface area contributed by atoms with Crippen LogP contribution in [0.15, 0.2) is 17.3 Å². The number of rotatable bonds is 4. The van der Waals surface area contributed by atoms with E-state index >= 15 is 0 Å². The van der Waals surface area contributed by atoms with Crippen molar-refractivity contribution in [2.24, 2.45) is 18.7 Å². The molecule has 0 aromatic carbocycles. The van der Waals surface area contributed by atoms with Crippen molar-refractivity contribution in [1.29, 1.82) is 0 Å². The molecule has 0 radical (unpaired) electrons. The Balaban J connectivity index is 2.38. The molecule has 1 saturated carbocycles. The van der Waals surface area contributed by atoms with Crippen molar-refractivity contribution in [3.05, 3.63) is 12.3 Å². The summed E-state index contributed by atoms with van der Waals surface area (Å²) >= 11 is 0. The second kappa shape index (κ2) is 5.46. The van der Waals surface area contributed by atoms with Gasteiger partial charge in [-0.25, -0.2) is 8.42 Å². The number of aromatic nitrogens is 2. The van der Waals surface area contributed by atoms with E-state index in [1.807, 2.05) is 0 Å². The topological polar surface area (TPSA) is 81.2 Å². The number of nitrogens with two attached hydrogens (primary N) is 1. The van der Waals surface area contributed by atoms with Crippen LogP contribution in [-0.4, -0.2) is 41.6 Å². The van der Waals surface area contributed by atoms with E-state index in [4.69, 9.17) is 5.73 Å². The monoisotopic (exact) mass is 300 g/mol. The molecule has 0 amide bonds. The van der Waals surface area contributed by atoms with Gasteiger partial charge in [0.1, 0.15) is 0 Å². The van der Waals surface area contributed by atoms with Crippen molar-refractivity contribution >= 4 is 10.0 Å². The van der Waals surface area contributed by atoms with E-state index in [0.717, 1.165) is 25.7 Å². The molecule has 0 bridgehead atoms. The van der Waals surface area contributed by atoms with Gasteiger partial charge in [-0.2, -0.15) is 9.40 Å². The van der Waals surface area contributed by atoms with Crippen molar-refractivity contribution in [3.63, 3.8) is 0 Å². The van der Waals surface area contributed by atoms with Gasteiger partial charge in [-0.1, -0.05) is 19.8 Å². The van der Waals surface area contributed by atoms with E-state index in [2.05, 4.69) is 12.0 Å². The van der Waals surface area contributed by atoms with Gasteiger partial charge in [0.15, 0.2) is 5.03 Å². The van der Waals surface area contributed by atoms with Gasteiger partial charge in [-0.15, -0.1) is 0 Å². The predicted octanol–water partition coefficient (Wildman–Crippen LogP) is 0.948. The highest BCUT2D eigenvalue weighted by molar-refractivity contribution is 7.89. The highest BCUT2D eigenvalue weighted by Gasteiger charge is 2.43. The molecule has 6 nitrogen and oxygen atoms in total. The highest BCUT2D eigenvalue weighted by atomic mass is 32.2. The van der Waals surface area contributed by atoms with Crippen LogP contribution in [0.3, 0.4) is 0 Å². The molecular weight excluding hydrogens is 276 g/mol. The van der Waals surface area contributed by atoms with Crippen LogP contribution in [0.2, 0.25) is 0 Å². The Morgan fingerprint density at radius 3 is 2.80 bits per heavy atom. The van der Waals surface area contributed by atoms with Gasteiger partial charge < -0.3 is 5.73 Å². The summed E-state index contributed by atoms with van der Waals surface area (Å²) < 4.78 is 28.5. The van der Waals surface area contributed by atoms with E-state index in [-0.39, 0.29) is 5.03 Å². The van der Waals surface area contributed by atoms with Gasteiger partial charge in [0.2, 0.25) is 0 Å². The molecule has 1 aliphatic carbocycles. The molecule has 20 heavy (non-hydrogen) atoms. The number of sulfonamides is 1. The molecule has 1 aliphatic rings. The van der Waals surface area contributed by atoms with Gasteiger partial charge in [-0.3, -0.25) is 4.68 Å². The van der Waals surface area contributed by atoms with Crippen LogP contribution < -0.4 is 5.73 Å². The summed E-state index contributed by atoms with van der Waals surface area (Å²) in [5.74, 6) is 0.497. The summed E-state index contributed by atoms with van der Waals surface area (Å²) in [5.41, 5.74) is 5.49. The van der Waals surface area contributed by atoms with Gasteiger partial charge in [0.25, 0.3) is 10.0 Å². The van der Waals surface area contributed by atoms with Crippen LogP contribution in [0, 0.1) is 5.92 Å². The molecule has 2 atom stereocenters. The molecule has 0 aliphatic heterocycles. The quantitative estimate of drug-likeness (QED) is 0.897. The molecule has 0 spiro atoms. The molecule has 1 heterocycles. The normalized spacial score (nSPS) is 27.9. The lowest BCUT2D eigenvalue weighted by Crippen LogP contribution is -2.56. The Morgan fingerprint density at radius 2 is 2.30 bits per heavy atom. The lowest BCUT2D eigenvalue weighted by Gasteiger charge is -2.44. The van der Waals surface area contributed by atoms with Crippen molar-refractivity contribution in [2.45, 2.75) is 43.2 Å². The summed E-state index contributed by atoms with van der Waals surface area (Å²) in [6.07, 6.45) is 5.29. The minimum Gasteiger partial charge on any atom is -0.329 e. The second-order valence-corrected chi connectivity index (χ2v) is 7.81. The Bertz CT molecular complexity index is 569. The average Bonchev–Trinajstić information content (AvgIpc) is 2.84. The standard InChI is InChI=1S/C13H24N4O2S/c1-11-5-4-7-13(9-11,10-14)17(3)20(18,19)12-6-8-15-16(12)2/h6,8,11H,4-5,7,9-10,14H2,1-3H3. The molecule has 2 N–H and O–H groups in total. The van der Waals surface area contributed by atoms with Crippen molar-refractivity contribution in [3.8, 4) is 0 Å². The van der Waals surface area contributed by atoms with Crippen molar-refractivity contribution in [2.75, 3.05) is 13.6 Å². The second-order valence-electron chi connectivity index (χ2n) is 5.90. The summed E-state index contributed by atoms with van der Waals surface area (Å²) in [4.78, 5) is 0. The molecule has 114 valence electrons.